The smallest absolute Gasteiger partial charge is 0.273 e. The van der Waals surface area contributed by atoms with Gasteiger partial charge in [-0.25, -0.2) is 17.5 Å². The number of sulfonamides is 1. The monoisotopic (exact) mass is 393 g/mol. The van der Waals surface area contributed by atoms with Gasteiger partial charge in [-0.3, -0.25) is 4.79 Å². The summed E-state index contributed by atoms with van der Waals surface area (Å²) < 4.78 is 41.4. The minimum atomic E-state index is -3.61. The second-order valence-electron chi connectivity index (χ2n) is 7.06. The minimum absolute atomic E-state index is 0.149. The molecule has 2 aliphatic rings. The third-order valence-corrected chi connectivity index (χ3v) is 6.64. The molecule has 0 bridgehead atoms. The Balaban J connectivity index is 1.33. The average Bonchev–Trinajstić information content (AvgIpc) is 3.29. The molecule has 2 aromatic rings. The molecule has 10 heteroatoms. The highest BCUT2D eigenvalue weighted by Gasteiger charge is 2.38. The van der Waals surface area contributed by atoms with E-state index in [2.05, 4.69) is 15.6 Å². The molecule has 4 rings (SSSR count). The largest absolute Gasteiger partial charge is 0.350 e. The topological polar surface area (TPSA) is 97.2 Å². The Morgan fingerprint density at radius 3 is 2.70 bits per heavy atom. The van der Waals surface area contributed by atoms with Crippen molar-refractivity contribution in [3.63, 3.8) is 0 Å². The normalized spacial score (nSPS) is 18.3. The molecule has 1 amide bonds. The first-order chi connectivity index (χ1) is 12.9. The van der Waals surface area contributed by atoms with E-state index >= 15 is 0 Å². The van der Waals surface area contributed by atoms with E-state index in [9.17, 15) is 17.6 Å². The predicted octanol–water partition coefficient (Wildman–Crippen LogP) is 0.944. The first kappa shape index (κ1) is 18.1. The molecule has 0 unspecified atom stereocenters. The first-order valence-corrected chi connectivity index (χ1v) is 10.4. The molecule has 2 fully saturated rings. The van der Waals surface area contributed by atoms with E-state index in [1.807, 2.05) is 0 Å². The van der Waals surface area contributed by atoms with Crippen LogP contribution in [0.15, 0.2) is 30.5 Å². The Bertz CT molecular complexity index is 951. The van der Waals surface area contributed by atoms with Crippen molar-refractivity contribution in [1.29, 1.82) is 0 Å². The van der Waals surface area contributed by atoms with Gasteiger partial charge in [0, 0.05) is 25.2 Å². The van der Waals surface area contributed by atoms with Crippen molar-refractivity contribution < 1.29 is 17.6 Å². The van der Waals surface area contributed by atoms with Crippen LogP contribution < -0.4 is 5.32 Å². The number of carbonyl (C=O) groups excluding carboxylic acids is 1. The van der Waals surface area contributed by atoms with Gasteiger partial charge in [-0.2, -0.15) is 4.31 Å². The van der Waals surface area contributed by atoms with Crippen LogP contribution in [-0.2, 0) is 15.8 Å². The molecule has 8 nitrogen and oxygen atoms in total. The number of amides is 1. The lowest BCUT2D eigenvalue weighted by molar-refractivity contribution is 0.0946. The van der Waals surface area contributed by atoms with Crippen LogP contribution in [0.4, 0.5) is 4.39 Å². The number of aromatic nitrogens is 3. The van der Waals surface area contributed by atoms with E-state index in [1.54, 1.807) is 6.07 Å². The lowest BCUT2D eigenvalue weighted by Crippen LogP contribution is -2.51. The molecule has 1 saturated carbocycles. The van der Waals surface area contributed by atoms with E-state index in [0.717, 1.165) is 12.8 Å². The molecule has 1 aromatic heterocycles. The Hall–Kier alpha value is -2.33. The van der Waals surface area contributed by atoms with Crippen LogP contribution in [0.5, 0.6) is 0 Å². The van der Waals surface area contributed by atoms with Gasteiger partial charge >= 0.3 is 0 Å². The quantitative estimate of drug-likeness (QED) is 0.755. The third-order valence-electron chi connectivity index (χ3n) is 4.88. The molecule has 27 heavy (non-hydrogen) atoms. The summed E-state index contributed by atoms with van der Waals surface area (Å²) >= 11 is 0. The van der Waals surface area contributed by atoms with Gasteiger partial charge in [-0.05, 0) is 24.8 Å². The van der Waals surface area contributed by atoms with Crippen LogP contribution in [0.2, 0.25) is 0 Å². The van der Waals surface area contributed by atoms with Crippen LogP contribution in [-0.4, -0.2) is 53.3 Å². The lowest BCUT2D eigenvalue weighted by Gasteiger charge is -2.37. The fourth-order valence-electron chi connectivity index (χ4n) is 2.92. The summed E-state index contributed by atoms with van der Waals surface area (Å²) in [4.78, 5) is 12.0. The van der Waals surface area contributed by atoms with Crippen LogP contribution in [0, 0.1) is 11.7 Å². The number of carbonyl (C=O) groups is 1. The maximum atomic E-state index is 13.7. The second kappa shape index (κ2) is 7.01. The van der Waals surface area contributed by atoms with Crippen molar-refractivity contribution in [3.8, 4) is 0 Å². The Labute approximate surface area is 156 Å². The lowest BCUT2D eigenvalue weighted by atomic mass is 10.2. The van der Waals surface area contributed by atoms with E-state index < -0.39 is 15.8 Å². The molecule has 1 saturated heterocycles. The summed E-state index contributed by atoms with van der Waals surface area (Å²) in [6, 6.07) is 5.66. The van der Waals surface area contributed by atoms with E-state index in [4.69, 9.17) is 0 Å². The van der Waals surface area contributed by atoms with Crippen LogP contribution in [0.1, 0.15) is 34.9 Å². The van der Waals surface area contributed by atoms with Crippen molar-refractivity contribution in [2.24, 2.45) is 5.92 Å². The molecular weight excluding hydrogens is 373 g/mol. The molecule has 0 spiro atoms. The summed E-state index contributed by atoms with van der Waals surface area (Å²) in [7, 11) is -3.61. The van der Waals surface area contributed by atoms with E-state index in [-0.39, 0.29) is 42.0 Å². The zero-order chi connectivity index (χ0) is 19.0. The Morgan fingerprint density at radius 1 is 1.26 bits per heavy atom. The van der Waals surface area contributed by atoms with E-state index in [1.165, 1.54) is 33.4 Å². The molecule has 1 N–H and O–H groups in total. The highest BCUT2D eigenvalue weighted by molar-refractivity contribution is 7.88. The maximum Gasteiger partial charge on any atom is 0.273 e. The summed E-state index contributed by atoms with van der Waals surface area (Å²) in [5.74, 6) is -0.602. The fourth-order valence-corrected chi connectivity index (χ4v) is 4.53. The number of rotatable bonds is 7. The number of hydrogen-bond acceptors (Lipinski definition) is 5. The third kappa shape index (κ3) is 4.01. The second-order valence-corrected chi connectivity index (χ2v) is 9.02. The predicted molar refractivity (Wildman–Crippen MR) is 94.7 cm³/mol. The minimum Gasteiger partial charge on any atom is -0.350 e. The molecule has 2 heterocycles. The van der Waals surface area contributed by atoms with Gasteiger partial charge in [0.25, 0.3) is 5.91 Å². The number of hydrogen-bond donors (Lipinski definition) is 1. The maximum absolute atomic E-state index is 13.7. The number of nitrogens with one attached hydrogen (secondary N) is 1. The van der Waals surface area contributed by atoms with Gasteiger partial charge in [0.05, 0.1) is 18.0 Å². The van der Waals surface area contributed by atoms with Gasteiger partial charge in [-0.1, -0.05) is 23.4 Å². The molecule has 0 radical (unpaired) electrons. The van der Waals surface area contributed by atoms with Crippen molar-refractivity contribution >= 4 is 15.9 Å². The Morgan fingerprint density at radius 2 is 2.00 bits per heavy atom. The summed E-state index contributed by atoms with van der Waals surface area (Å²) in [6.45, 7) is 1.10. The average molecular weight is 393 g/mol. The number of halogens is 1. The number of benzene rings is 1. The Kier molecular flexibility index (Phi) is 4.68. The van der Waals surface area contributed by atoms with Crippen LogP contribution in [0.25, 0.3) is 0 Å². The van der Waals surface area contributed by atoms with Gasteiger partial charge in [0.15, 0.2) is 5.69 Å². The molecule has 1 aliphatic heterocycles. The highest BCUT2D eigenvalue weighted by atomic mass is 32.2. The zero-order valence-electron chi connectivity index (χ0n) is 14.6. The SMILES string of the molecule is O=C(NCC1CC1)c1cn(C2CN(S(=O)(=O)Cc3ccccc3F)C2)nn1. The van der Waals surface area contributed by atoms with Crippen LogP contribution in [0.3, 0.4) is 0 Å². The van der Waals surface area contributed by atoms with Crippen molar-refractivity contribution in [1.82, 2.24) is 24.6 Å². The van der Waals surface area contributed by atoms with E-state index in [0.29, 0.717) is 12.5 Å². The molecular formula is C17H20FN5O3S. The van der Waals surface area contributed by atoms with Gasteiger partial charge in [0.2, 0.25) is 10.0 Å². The fraction of sp³-hybridized carbons (Fsp3) is 0.471. The highest BCUT2D eigenvalue weighted by Crippen LogP contribution is 2.28. The summed E-state index contributed by atoms with van der Waals surface area (Å²) in [5.41, 5.74) is 0.375. The van der Waals surface area contributed by atoms with Crippen molar-refractivity contribution in [3.05, 3.63) is 47.5 Å². The molecule has 0 atom stereocenters. The van der Waals surface area contributed by atoms with Gasteiger partial charge in [-0.15, -0.1) is 5.10 Å². The summed E-state index contributed by atoms with van der Waals surface area (Å²) in [6.07, 6.45) is 3.83. The summed E-state index contributed by atoms with van der Waals surface area (Å²) in [5, 5.41) is 10.6. The number of nitrogens with zero attached hydrogens (tertiary/aromatic N) is 4. The standard InChI is InChI=1S/C17H20FN5O3S/c18-15-4-2-1-3-13(15)11-27(25,26)22-8-14(9-22)23-10-16(20-21-23)17(24)19-7-12-5-6-12/h1-4,10,12,14H,5-9,11H2,(H,19,24). The molecule has 144 valence electrons. The zero-order valence-corrected chi connectivity index (χ0v) is 15.4. The van der Waals surface area contributed by atoms with Crippen molar-refractivity contribution in [2.75, 3.05) is 19.6 Å². The van der Waals surface area contributed by atoms with Crippen molar-refractivity contribution in [2.45, 2.75) is 24.6 Å². The molecule has 1 aliphatic carbocycles. The van der Waals surface area contributed by atoms with Gasteiger partial charge in [0.1, 0.15) is 5.82 Å². The van der Waals surface area contributed by atoms with Crippen LogP contribution >= 0.6 is 0 Å². The first-order valence-electron chi connectivity index (χ1n) is 8.83. The van der Waals surface area contributed by atoms with Gasteiger partial charge < -0.3 is 5.32 Å². The molecule has 1 aromatic carbocycles.